The quantitative estimate of drug-likeness (QED) is 0.700. The maximum absolute atomic E-state index is 11.3. The molecule has 0 spiro atoms. The lowest BCUT2D eigenvalue weighted by molar-refractivity contribution is -0.122. The summed E-state index contributed by atoms with van der Waals surface area (Å²) in [5.74, 6) is 1.11. The molecule has 0 saturated carbocycles. The zero-order chi connectivity index (χ0) is 11.4. The predicted molar refractivity (Wildman–Crippen MR) is 63.0 cm³/mol. The van der Waals surface area contributed by atoms with E-state index >= 15 is 0 Å². The molecule has 3 nitrogen and oxygen atoms in total. The zero-order valence-corrected chi connectivity index (χ0v) is 10.5. The number of ketones is 1. The predicted octanol–water partition coefficient (Wildman–Crippen LogP) is 1.24. The SMILES string of the molecule is CC(=O)C(C)N1CCC(CN(C)C)CC1. The average molecular weight is 212 g/mol. The molecule has 0 radical (unpaired) electrons. The third kappa shape index (κ3) is 3.92. The van der Waals surface area contributed by atoms with E-state index in [1.54, 1.807) is 6.92 Å². The Bertz CT molecular complexity index is 208. The molecule has 3 heteroatoms. The Morgan fingerprint density at radius 1 is 1.40 bits per heavy atom. The standard InChI is InChI=1S/C12H24N2O/c1-10(11(2)15)14-7-5-12(6-8-14)9-13(3)4/h10,12H,5-9H2,1-4H3. The molecule has 0 amide bonds. The van der Waals surface area contributed by atoms with Crippen LogP contribution >= 0.6 is 0 Å². The highest BCUT2D eigenvalue weighted by Gasteiger charge is 2.24. The van der Waals surface area contributed by atoms with Crippen molar-refractivity contribution in [2.75, 3.05) is 33.7 Å². The lowest BCUT2D eigenvalue weighted by Crippen LogP contribution is -2.44. The number of Topliss-reactive ketones (excluding diaryl/α,β-unsaturated/α-hetero) is 1. The van der Waals surface area contributed by atoms with Gasteiger partial charge in [-0.3, -0.25) is 9.69 Å². The minimum atomic E-state index is 0.116. The van der Waals surface area contributed by atoms with Crippen molar-refractivity contribution in [3.63, 3.8) is 0 Å². The van der Waals surface area contributed by atoms with Gasteiger partial charge >= 0.3 is 0 Å². The van der Waals surface area contributed by atoms with E-state index in [9.17, 15) is 4.79 Å². The normalized spacial score (nSPS) is 21.9. The number of carbonyl (C=O) groups is 1. The molecule has 0 aromatic heterocycles. The Hall–Kier alpha value is -0.410. The molecule has 1 unspecified atom stereocenters. The van der Waals surface area contributed by atoms with Crippen molar-refractivity contribution in [2.24, 2.45) is 5.92 Å². The summed E-state index contributed by atoms with van der Waals surface area (Å²) in [5.41, 5.74) is 0. The lowest BCUT2D eigenvalue weighted by atomic mass is 9.95. The van der Waals surface area contributed by atoms with Crippen LogP contribution < -0.4 is 0 Å². The second-order valence-electron chi connectivity index (χ2n) is 5.03. The molecule has 0 aromatic rings. The van der Waals surface area contributed by atoms with Gasteiger partial charge in [0.05, 0.1) is 6.04 Å². The van der Waals surface area contributed by atoms with E-state index in [1.807, 2.05) is 6.92 Å². The largest absolute Gasteiger partial charge is 0.309 e. The van der Waals surface area contributed by atoms with Crippen molar-refractivity contribution < 1.29 is 4.79 Å². The minimum absolute atomic E-state index is 0.116. The maximum atomic E-state index is 11.3. The molecule has 1 heterocycles. The van der Waals surface area contributed by atoms with Crippen LogP contribution in [0.2, 0.25) is 0 Å². The van der Waals surface area contributed by atoms with Crippen LogP contribution in [0.4, 0.5) is 0 Å². The van der Waals surface area contributed by atoms with Gasteiger partial charge < -0.3 is 4.90 Å². The first-order valence-electron chi connectivity index (χ1n) is 5.90. The summed E-state index contributed by atoms with van der Waals surface area (Å²) < 4.78 is 0. The average Bonchev–Trinajstić information content (AvgIpc) is 2.17. The summed E-state index contributed by atoms with van der Waals surface area (Å²) in [5, 5.41) is 0. The molecule has 0 N–H and O–H groups in total. The Balaban J connectivity index is 2.32. The molecule has 88 valence electrons. The molecular formula is C12H24N2O. The summed E-state index contributed by atoms with van der Waals surface area (Å²) in [6.07, 6.45) is 2.46. The van der Waals surface area contributed by atoms with E-state index < -0.39 is 0 Å². The second-order valence-corrected chi connectivity index (χ2v) is 5.03. The summed E-state index contributed by atoms with van der Waals surface area (Å²) in [6.45, 7) is 7.06. The third-order valence-corrected chi connectivity index (χ3v) is 3.41. The number of carbonyl (C=O) groups excluding carboxylic acids is 1. The van der Waals surface area contributed by atoms with Crippen molar-refractivity contribution in [3.8, 4) is 0 Å². The number of piperidine rings is 1. The monoisotopic (exact) mass is 212 g/mol. The molecule has 1 atom stereocenters. The molecule has 0 bridgehead atoms. The number of hydrogen-bond donors (Lipinski definition) is 0. The molecule has 1 rings (SSSR count). The van der Waals surface area contributed by atoms with E-state index in [0.717, 1.165) is 19.0 Å². The van der Waals surface area contributed by atoms with Gasteiger partial charge in [0.25, 0.3) is 0 Å². The first-order chi connectivity index (χ1) is 7.00. The zero-order valence-electron chi connectivity index (χ0n) is 10.5. The van der Waals surface area contributed by atoms with Crippen LogP contribution in [-0.4, -0.2) is 55.4 Å². The summed E-state index contributed by atoms with van der Waals surface area (Å²) in [4.78, 5) is 15.8. The molecule has 1 aliphatic rings. The van der Waals surface area contributed by atoms with Crippen molar-refractivity contribution in [1.29, 1.82) is 0 Å². The molecule has 0 aliphatic carbocycles. The van der Waals surface area contributed by atoms with Gasteiger partial charge in [-0.25, -0.2) is 0 Å². The Kier molecular flexibility index (Phi) is 4.74. The molecule has 1 fully saturated rings. The van der Waals surface area contributed by atoms with Gasteiger partial charge in [-0.15, -0.1) is 0 Å². The lowest BCUT2D eigenvalue weighted by Gasteiger charge is -2.35. The fourth-order valence-electron chi connectivity index (χ4n) is 2.30. The van der Waals surface area contributed by atoms with Crippen molar-refractivity contribution in [3.05, 3.63) is 0 Å². The highest BCUT2D eigenvalue weighted by Crippen LogP contribution is 2.19. The summed E-state index contributed by atoms with van der Waals surface area (Å²) in [6, 6.07) is 0.116. The van der Waals surface area contributed by atoms with Gasteiger partial charge in [-0.05, 0) is 59.8 Å². The van der Waals surface area contributed by atoms with Gasteiger partial charge in [0.1, 0.15) is 5.78 Å². The smallest absolute Gasteiger partial charge is 0.146 e. The molecule has 15 heavy (non-hydrogen) atoms. The van der Waals surface area contributed by atoms with Gasteiger partial charge in [0.2, 0.25) is 0 Å². The number of hydrogen-bond acceptors (Lipinski definition) is 3. The first-order valence-corrected chi connectivity index (χ1v) is 5.90. The van der Waals surface area contributed by atoms with Crippen LogP contribution in [-0.2, 0) is 4.79 Å². The van der Waals surface area contributed by atoms with Gasteiger partial charge in [0.15, 0.2) is 0 Å². The first kappa shape index (κ1) is 12.7. The van der Waals surface area contributed by atoms with Crippen LogP contribution in [0, 0.1) is 5.92 Å². The Labute approximate surface area is 93.4 Å². The highest BCUT2D eigenvalue weighted by molar-refractivity contribution is 5.80. The fraction of sp³-hybridized carbons (Fsp3) is 0.917. The van der Waals surface area contributed by atoms with Crippen LogP contribution in [0.5, 0.6) is 0 Å². The van der Waals surface area contributed by atoms with Gasteiger partial charge in [0, 0.05) is 6.54 Å². The topological polar surface area (TPSA) is 23.6 Å². The number of rotatable bonds is 4. The fourth-order valence-corrected chi connectivity index (χ4v) is 2.30. The number of nitrogens with zero attached hydrogens (tertiary/aromatic N) is 2. The summed E-state index contributed by atoms with van der Waals surface area (Å²) in [7, 11) is 4.26. The number of likely N-dealkylation sites (tertiary alicyclic amines) is 1. The van der Waals surface area contributed by atoms with E-state index in [1.165, 1.54) is 19.4 Å². The van der Waals surface area contributed by atoms with E-state index in [2.05, 4.69) is 23.9 Å². The third-order valence-electron chi connectivity index (χ3n) is 3.41. The molecule has 1 saturated heterocycles. The van der Waals surface area contributed by atoms with Crippen LogP contribution in [0.1, 0.15) is 26.7 Å². The van der Waals surface area contributed by atoms with Gasteiger partial charge in [-0.1, -0.05) is 0 Å². The molecule has 0 aromatic carbocycles. The Morgan fingerprint density at radius 3 is 2.33 bits per heavy atom. The van der Waals surface area contributed by atoms with E-state index in [4.69, 9.17) is 0 Å². The van der Waals surface area contributed by atoms with E-state index in [0.29, 0.717) is 5.78 Å². The van der Waals surface area contributed by atoms with Gasteiger partial charge in [-0.2, -0.15) is 0 Å². The van der Waals surface area contributed by atoms with Crippen molar-refractivity contribution >= 4 is 5.78 Å². The van der Waals surface area contributed by atoms with Crippen LogP contribution in [0.25, 0.3) is 0 Å². The van der Waals surface area contributed by atoms with Crippen molar-refractivity contribution in [1.82, 2.24) is 9.80 Å². The van der Waals surface area contributed by atoms with Crippen molar-refractivity contribution in [2.45, 2.75) is 32.7 Å². The maximum Gasteiger partial charge on any atom is 0.146 e. The highest BCUT2D eigenvalue weighted by atomic mass is 16.1. The summed E-state index contributed by atoms with van der Waals surface area (Å²) >= 11 is 0. The molecule has 1 aliphatic heterocycles. The Morgan fingerprint density at radius 2 is 1.93 bits per heavy atom. The minimum Gasteiger partial charge on any atom is -0.309 e. The van der Waals surface area contributed by atoms with Crippen LogP contribution in [0.15, 0.2) is 0 Å². The van der Waals surface area contributed by atoms with Crippen LogP contribution in [0.3, 0.4) is 0 Å². The van der Waals surface area contributed by atoms with E-state index in [-0.39, 0.29) is 6.04 Å². The molecular weight excluding hydrogens is 188 g/mol. The second kappa shape index (κ2) is 5.61.